The summed E-state index contributed by atoms with van der Waals surface area (Å²) in [5.74, 6) is -1.85. The third-order valence-corrected chi connectivity index (χ3v) is 3.73. The van der Waals surface area contributed by atoms with Gasteiger partial charge in [0.2, 0.25) is 0 Å². The Hall–Kier alpha value is -1.33. The zero-order valence-electron chi connectivity index (χ0n) is 15.0. The topological polar surface area (TPSA) is 72.5 Å². The van der Waals surface area contributed by atoms with Gasteiger partial charge in [0.1, 0.15) is 11.9 Å². The molecule has 124 valence electrons. The molecule has 5 nitrogen and oxygen atoms in total. The number of aldehydes is 1. The van der Waals surface area contributed by atoms with Crippen LogP contribution in [-0.2, 0) is 19.1 Å². The van der Waals surface area contributed by atoms with Crippen molar-refractivity contribution in [2.75, 3.05) is 0 Å². The molecule has 0 rings (SSSR count). The van der Waals surface area contributed by atoms with Crippen LogP contribution in [0.4, 0.5) is 0 Å². The van der Waals surface area contributed by atoms with Crippen molar-refractivity contribution in [3.63, 3.8) is 0 Å². The van der Waals surface area contributed by atoms with E-state index in [1.807, 2.05) is 13.8 Å². The first-order valence-corrected chi connectivity index (χ1v) is 7.34. The van der Waals surface area contributed by atoms with Crippen molar-refractivity contribution in [3.05, 3.63) is 0 Å². The van der Waals surface area contributed by atoms with E-state index in [0.717, 1.165) is 0 Å². The van der Waals surface area contributed by atoms with E-state index in [9.17, 15) is 14.4 Å². The number of carbonyl (C=O) groups excluding carboxylic acids is 3. The van der Waals surface area contributed by atoms with Gasteiger partial charge in [-0.15, -0.1) is 0 Å². The summed E-state index contributed by atoms with van der Waals surface area (Å²) in [6, 6.07) is 0. The molecule has 0 heterocycles. The molecule has 0 fully saturated rings. The number of nitrogens with one attached hydrogen (secondary N) is 1. The van der Waals surface area contributed by atoms with Crippen molar-refractivity contribution in [3.8, 4) is 0 Å². The molecular weight excluding hydrogens is 281 g/mol. The maximum atomic E-state index is 12.0. The molecule has 0 aromatic heterocycles. The Bertz CT molecular complexity index is 448. The van der Waals surface area contributed by atoms with Gasteiger partial charge in [0.15, 0.2) is 0 Å². The highest BCUT2D eigenvalue weighted by Gasteiger charge is 2.42. The summed E-state index contributed by atoms with van der Waals surface area (Å²) in [7, 11) is 5.94. The fourth-order valence-electron chi connectivity index (χ4n) is 2.09. The Labute approximate surface area is 135 Å². The number of hydrogen-bond donors (Lipinski definition) is 1. The number of hydrogen-bond acceptors (Lipinski definition) is 4. The minimum atomic E-state index is -1.10. The third-order valence-electron chi connectivity index (χ3n) is 3.73. The second-order valence-electron chi connectivity index (χ2n) is 8.24. The summed E-state index contributed by atoms with van der Waals surface area (Å²) >= 11 is 0. The zero-order valence-corrected chi connectivity index (χ0v) is 15.0. The van der Waals surface area contributed by atoms with Gasteiger partial charge < -0.3 is 14.8 Å². The molecule has 2 radical (unpaired) electrons. The van der Waals surface area contributed by atoms with Crippen LogP contribution in [0.1, 0.15) is 61.8 Å². The molecule has 0 aliphatic carbocycles. The van der Waals surface area contributed by atoms with E-state index in [4.69, 9.17) is 12.6 Å². The SMILES string of the molecule is [B]C(C)(C)CC(C)(C)NC(=O)C(=O)OC(C)(C)C(C)(C)C=O. The summed E-state index contributed by atoms with van der Waals surface area (Å²) in [6.45, 7) is 13.7. The van der Waals surface area contributed by atoms with Crippen molar-refractivity contribution >= 4 is 26.0 Å². The molecule has 0 aliphatic rings. The van der Waals surface area contributed by atoms with Crippen molar-refractivity contribution < 1.29 is 19.1 Å². The number of amides is 1. The minimum Gasteiger partial charge on any atom is -0.451 e. The number of carbonyl (C=O) groups is 3. The monoisotopic (exact) mass is 309 g/mol. The average Bonchev–Trinajstić information content (AvgIpc) is 2.23. The molecule has 22 heavy (non-hydrogen) atoms. The lowest BCUT2D eigenvalue weighted by Crippen LogP contribution is -2.51. The van der Waals surface area contributed by atoms with E-state index in [2.05, 4.69) is 5.32 Å². The molecule has 0 atom stereocenters. The summed E-state index contributed by atoms with van der Waals surface area (Å²) in [5, 5.41) is 2.14. The van der Waals surface area contributed by atoms with Crippen molar-refractivity contribution in [2.24, 2.45) is 5.41 Å². The molecule has 1 amide bonds. The molecule has 0 saturated heterocycles. The molecule has 0 aromatic carbocycles. The smallest absolute Gasteiger partial charge is 0.397 e. The maximum absolute atomic E-state index is 12.0. The summed E-state index contributed by atoms with van der Waals surface area (Å²) in [5.41, 5.74) is -2.66. The number of ether oxygens (including phenoxy) is 1. The lowest BCUT2D eigenvalue weighted by atomic mass is 9.66. The Balaban J connectivity index is 4.90. The van der Waals surface area contributed by atoms with Crippen LogP contribution >= 0.6 is 0 Å². The van der Waals surface area contributed by atoms with Crippen LogP contribution in [0.3, 0.4) is 0 Å². The molecule has 0 aliphatic heterocycles. The molecule has 6 heteroatoms. The second-order valence-corrected chi connectivity index (χ2v) is 8.24. The van der Waals surface area contributed by atoms with Crippen LogP contribution in [0, 0.1) is 5.41 Å². The summed E-state index contributed by atoms with van der Waals surface area (Å²) in [4.78, 5) is 35.1. The van der Waals surface area contributed by atoms with Gasteiger partial charge in [0.05, 0.1) is 13.3 Å². The Morgan fingerprint density at radius 2 is 1.50 bits per heavy atom. The largest absolute Gasteiger partial charge is 0.451 e. The fraction of sp³-hybridized carbons (Fsp3) is 0.812. The standard InChI is InChI=1S/C16H28BNO4/c1-13(2,10-19)16(7,8)22-12(21)11(20)18-15(5,6)9-14(3,4)17/h10H,9H2,1-8H3,(H,18,20). The molecule has 0 saturated carbocycles. The van der Waals surface area contributed by atoms with Crippen LogP contribution in [0.15, 0.2) is 0 Å². The van der Waals surface area contributed by atoms with Gasteiger partial charge in [0.25, 0.3) is 0 Å². The summed E-state index contributed by atoms with van der Waals surface area (Å²) < 4.78 is 5.22. The fourth-order valence-corrected chi connectivity index (χ4v) is 2.09. The van der Waals surface area contributed by atoms with Crippen molar-refractivity contribution in [1.82, 2.24) is 5.32 Å². The van der Waals surface area contributed by atoms with Gasteiger partial charge in [-0.3, -0.25) is 4.79 Å². The third kappa shape index (κ3) is 6.20. The predicted molar refractivity (Wildman–Crippen MR) is 86.6 cm³/mol. The maximum Gasteiger partial charge on any atom is 0.397 e. The lowest BCUT2D eigenvalue weighted by molar-refractivity contribution is -0.174. The van der Waals surface area contributed by atoms with Gasteiger partial charge in [-0.2, -0.15) is 0 Å². The predicted octanol–water partition coefficient (Wildman–Crippen LogP) is 2.19. The van der Waals surface area contributed by atoms with E-state index < -0.39 is 33.7 Å². The molecule has 0 aromatic rings. The molecule has 0 spiro atoms. The van der Waals surface area contributed by atoms with Gasteiger partial charge in [-0.1, -0.05) is 19.2 Å². The van der Waals surface area contributed by atoms with Crippen LogP contribution in [-0.4, -0.2) is 37.1 Å². The van der Waals surface area contributed by atoms with Crippen LogP contribution in [0.5, 0.6) is 0 Å². The van der Waals surface area contributed by atoms with E-state index in [-0.39, 0.29) is 0 Å². The Morgan fingerprint density at radius 3 is 1.86 bits per heavy atom. The number of rotatable bonds is 6. The normalized spacial score (nSPS) is 13.5. The highest BCUT2D eigenvalue weighted by atomic mass is 16.6. The molecule has 0 unspecified atom stereocenters. The van der Waals surface area contributed by atoms with Gasteiger partial charge in [-0.05, 0) is 48.0 Å². The van der Waals surface area contributed by atoms with E-state index in [0.29, 0.717) is 12.7 Å². The highest BCUT2D eigenvalue weighted by Crippen LogP contribution is 2.32. The minimum absolute atomic E-state index is 0.487. The van der Waals surface area contributed by atoms with Crippen LogP contribution in [0.2, 0.25) is 5.31 Å². The lowest BCUT2D eigenvalue weighted by Gasteiger charge is -2.37. The van der Waals surface area contributed by atoms with Crippen LogP contribution in [0.25, 0.3) is 0 Å². The summed E-state index contributed by atoms with van der Waals surface area (Å²) in [6.07, 6.45) is 1.20. The Kier molecular flexibility index (Phi) is 6.04. The van der Waals surface area contributed by atoms with Gasteiger partial charge in [0, 0.05) is 5.54 Å². The average molecular weight is 309 g/mol. The second kappa shape index (κ2) is 6.43. The molecular formula is C16H28BNO4. The van der Waals surface area contributed by atoms with Crippen molar-refractivity contribution in [2.45, 2.75) is 78.3 Å². The van der Waals surface area contributed by atoms with E-state index >= 15 is 0 Å². The first-order chi connectivity index (χ1) is 9.53. The zero-order chi connectivity index (χ0) is 18.0. The first-order valence-electron chi connectivity index (χ1n) is 7.34. The molecule has 0 bridgehead atoms. The highest BCUT2D eigenvalue weighted by molar-refractivity contribution is 6.32. The number of esters is 1. The first kappa shape index (κ1) is 20.7. The van der Waals surface area contributed by atoms with E-state index in [1.165, 1.54) is 0 Å². The quantitative estimate of drug-likeness (QED) is 0.353. The van der Waals surface area contributed by atoms with E-state index in [1.54, 1.807) is 41.5 Å². The van der Waals surface area contributed by atoms with Gasteiger partial charge in [-0.25, -0.2) is 4.79 Å². The van der Waals surface area contributed by atoms with Crippen LogP contribution < -0.4 is 5.32 Å². The van der Waals surface area contributed by atoms with Gasteiger partial charge >= 0.3 is 11.9 Å². The molecule has 1 N–H and O–H groups in total. The van der Waals surface area contributed by atoms with Crippen molar-refractivity contribution in [1.29, 1.82) is 0 Å². The Morgan fingerprint density at radius 1 is 1.05 bits per heavy atom.